The summed E-state index contributed by atoms with van der Waals surface area (Å²) in [6.07, 6.45) is 1.95. The normalized spacial score (nSPS) is 10.4. The quantitative estimate of drug-likeness (QED) is 0.589. The van der Waals surface area contributed by atoms with Gasteiger partial charge >= 0.3 is 0 Å². The van der Waals surface area contributed by atoms with Crippen molar-refractivity contribution >= 4 is 11.8 Å². The van der Waals surface area contributed by atoms with Crippen molar-refractivity contribution in [2.24, 2.45) is 0 Å². The lowest BCUT2D eigenvalue weighted by atomic mass is 10.1. The third kappa shape index (κ3) is 4.54. The summed E-state index contributed by atoms with van der Waals surface area (Å²) < 4.78 is 21.9. The van der Waals surface area contributed by atoms with Crippen LogP contribution in [0.1, 0.15) is 24.5 Å². The van der Waals surface area contributed by atoms with Gasteiger partial charge in [-0.05, 0) is 30.2 Å². The van der Waals surface area contributed by atoms with Gasteiger partial charge in [0.25, 0.3) is 0 Å². The second-order valence-electron chi connectivity index (χ2n) is 5.51. The van der Waals surface area contributed by atoms with Crippen LogP contribution in [0.4, 0.5) is 0 Å². The molecule has 25 heavy (non-hydrogen) atoms. The number of hydrogen-bond acceptors (Lipinski definition) is 5. The topological polar surface area (TPSA) is 36.9 Å². The zero-order valence-corrected chi connectivity index (χ0v) is 16.4. The van der Waals surface area contributed by atoms with E-state index in [0.29, 0.717) is 11.5 Å². The van der Waals surface area contributed by atoms with Crippen molar-refractivity contribution in [1.82, 2.24) is 0 Å². The van der Waals surface area contributed by atoms with Crippen LogP contribution < -0.4 is 18.9 Å². The molecule has 0 saturated carbocycles. The highest BCUT2D eigenvalue weighted by Crippen LogP contribution is 2.46. The van der Waals surface area contributed by atoms with Crippen molar-refractivity contribution in [3.63, 3.8) is 0 Å². The van der Waals surface area contributed by atoms with Crippen LogP contribution in [0, 0.1) is 0 Å². The van der Waals surface area contributed by atoms with Crippen LogP contribution >= 0.6 is 11.8 Å². The maximum absolute atomic E-state index is 5.65. The Balaban J connectivity index is 2.33. The fraction of sp³-hybridized carbons (Fsp3) is 0.400. The van der Waals surface area contributed by atoms with E-state index in [1.54, 1.807) is 40.2 Å². The molecule has 5 heteroatoms. The molecule has 0 N–H and O–H groups in total. The van der Waals surface area contributed by atoms with Gasteiger partial charge in [0.15, 0.2) is 11.5 Å². The largest absolute Gasteiger partial charge is 0.497 e. The van der Waals surface area contributed by atoms with Crippen molar-refractivity contribution in [3.8, 4) is 23.0 Å². The first kappa shape index (κ1) is 19.3. The van der Waals surface area contributed by atoms with Gasteiger partial charge in [-0.1, -0.05) is 25.5 Å². The first-order valence-corrected chi connectivity index (χ1v) is 9.24. The van der Waals surface area contributed by atoms with Crippen LogP contribution in [0.25, 0.3) is 0 Å². The molecule has 0 heterocycles. The predicted octanol–water partition coefficient (Wildman–Crippen LogP) is 4.97. The fourth-order valence-electron chi connectivity index (χ4n) is 2.69. The van der Waals surface area contributed by atoms with Crippen molar-refractivity contribution in [3.05, 3.63) is 41.5 Å². The molecule has 2 aromatic rings. The molecular weight excluding hydrogens is 336 g/mol. The Morgan fingerprint density at radius 3 is 2.04 bits per heavy atom. The Hall–Kier alpha value is -2.01. The zero-order valence-electron chi connectivity index (χ0n) is 15.5. The Bertz CT molecular complexity index is 683. The van der Waals surface area contributed by atoms with Gasteiger partial charge in [-0.3, -0.25) is 0 Å². The van der Waals surface area contributed by atoms with Crippen LogP contribution in [-0.2, 0) is 12.2 Å². The minimum absolute atomic E-state index is 0.655. The van der Waals surface area contributed by atoms with Crippen LogP contribution in [0.2, 0.25) is 0 Å². The molecule has 2 aromatic carbocycles. The molecule has 0 atom stereocenters. The molecule has 0 aromatic heterocycles. The Morgan fingerprint density at radius 2 is 1.52 bits per heavy atom. The molecule has 0 aliphatic rings. The molecule has 0 fully saturated rings. The molecule has 136 valence electrons. The number of rotatable bonds is 9. The van der Waals surface area contributed by atoms with Gasteiger partial charge in [0.2, 0.25) is 5.75 Å². The van der Waals surface area contributed by atoms with E-state index in [-0.39, 0.29) is 0 Å². The third-order valence-corrected chi connectivity index (χ3v) is 5.10. The Labute approximate surface area is 154 Å². The molecule has 0 saturated heterocycles. The smallest absolute Gasteiger partial charge is 0.203 e. The number of ether oxygens (including phenoxy) is 4. The van der Waals surface area contributed by atoms with E-state index in [1.807, 2.05) is 18.2 Å². The summed E-state index contributed by atoms with van der Waals surface area (Å²) in [5, 5.41) is 0. The monoisotopic (exact) mass is 362 g/mol. The second-order valence-corrected chi connectivity index (χ2v) is 6.53. The number of methoxy groups -OCH3 is 4. The van der Waals surface area contributed by atoms with Crippen LogP contribution in [0.5, 0.6) is 23.0 Å². The lowest BCUT2D eigenvalue weighted by Crippen LogP contribution is -2.01. The van der Waals surface area contributed by atoms with Gasteiger partial charge in [0.1, 0.15) is 5.75 Å². The van der Waals surface area contributed by atoms with Crippen LogP contribution in [0.15, 0.2) is 35.2 Å². The van der Waals surface area contributed by atoms with Gasteiger partial charge < -0.3 is 18.9 Å². The van der Waals surface area contributed by atoms with Crippen molar-refractivity contribution in [1.29, 1.82) is 0 Å². The minimum atomic E-state index is 0.655. The highest BCUT2D eigenvalue weighted by Gasteiger charge is 2.20. The molecule has 2 rings (SSSR count). The van der Waals surface area contributed by atoms with Gasteiger partial charge in [-0.2, -0.15) is 0 Å². The van der Waals surface area contributed by atoms with Gasteiger partial charge in [-0.25, -0.2) is 0 Å². The van der Waals surface area contributed by atoms with Gasteiger partial charge in [0, 0.05) is 16.2 Å². The zero-order chi connectivity index (χ0) is 18.2. The van der Waals surface area contributed by atoms with Crippen LogP contribution in [0.3, 0.4) is 0 Å². The summed E-state index contributed by atoms with van der Waals surface area (Å²) in [7, 11) is 6.64. The van der Waals surface area contributed by atoms with Gasteiger partial charge in [-0.15, -0.1) is 11.8 Å². The molecular formula is C20H26O4S. The minimum Gasteiger partial charge on any atom is -0.497 e. The lowest BCUT2D eigenvalue weighted by molar-refractivity contribution is 0.320. The highest BCUT2D eigenvalue weighted by atomic mass is 32.2. The number of hydrogen-bond donors (Lipinski definition) is 0. The van der Waals surface area contributed by atoms with E-state index in [4.69, 9.17) is 18.9 Å². The summed E-state index contributed by atoms with van der Waals surface area (Å²) in [5.41, 5.74) is 2.41. The van der Waals surface area contributed by atoms with E-state index in [2.05, 4.69) is 19.1 Å². The highest BCUT2D eigenvalue weighted by molar-refractivity contribution is 7.98. The molecule has 0 amide bonds. The maximum Gasteiger partial charge on any atom is 0.203 e. The fourth-order valence-corrected chi connectivity index (χ4v) is 3.77. The SMILES string of the molecule is CCCc1c(SCc2ccc(OC)cc2)cc(OC)c(OC)c1OC. The van der Waals surface area contributed by atoms with E-state index >= 15 is 0 Å². The first-order valence-electron chi connectivity index (χ1n) is 8.26. The van der Waals surface area contributed by atoms with E-state index in [0.717, 1.165) is 35.0 Å². The number of thioether (sulfide) groups is 1. The standard InChI is InChI=1S/C20H26O4S/c1-6-7-16-18(12-17(22-3)20(24-5)19(16)23-4)25-13-14-8-10-15(21-2)11-9-14/h8-12H,6-7,13H2,1-5H3. The maximum atomic E-state index is 5.65. The van der Waals surface area contributed by atoms with Crippen molar-refractivity contribution in [2.75, 3.05) is 28.4 Å². The molecule has 4 nitrogen and oxygen atoms in total. The number of benzene rings is 2. The summed E-state index contributed by atoms with van der Waals surface area (Å²) in [6.45, 7) is 2.16. The Kier molecular flexibility index (Phi) is 7.31. The van der Waals surface area contributed by atoms with Crippen LogP contribution in [-0.4, -0.2) is 28.4 Å². The molecule has 0 unspecified atom stereocenters. The van der Waals surface area contributed by atoms with Crippen molar-refractivity contribution in [2.45, 2.75) is 30.4 Å². The molecule has 0 bridgehead atoms. The summed E-state index contributed by atoms with van der Waals surface area (Å²) in [4.78, 5) is 1.16. The van der Waals surface area contributed by atoms with E-state index in [9.17, 15) is 0 Å². The molecule has 0 radical (unpaired) electrons. The van der Waals surface area contributed by atoms with Crippen molar-refractivity contribution < 1.29 is 18.9 Å². The Morgan fingerprint density at radius 1 is 0.840 bits per heavy atom. The summed E-state index contributed by atoms with van der Waals surface area (Å²) >= 11 is 1.78. The lowest BCUT2D eigenvalue weighted by Gasteiger charge is -2.19. The molecule has 0 aliphatic heterocycles. The third-order valence-electron chi connectivity index (χ3n) is 3.95. The first-order chi connectivity index (χ1) is 12.2. The average molecular weight is 362 g/mol. The van der Waals surface area contributed by atoms with E-state index in [1.165, 1.54) is 11.1 Å². The van der Waals surface area contributed by atoms with Gasteiger partial charge in [0.05, 0.1) is 28.4 Å². The molecule has 0 aliphatic carbocycles. The van der Waals surface area contributed by atoms with E-state index < -0.39 is 0 Å². The molecule has 0 spiro atoms. The predicted molar refractivity (Wildman–Crippen MR) is 103 cm³/mol. The second kappa shape index (κ2) is 9.47. The summed E-state index contributed by atoms with van der Waals surface area (Å²) in [6, 6.07) is 10.2. The average Bonchev–Trinajstić information content (AvgIpc) is 2.66. The summed E-state index contributed by atoms with van der Waals surface area (Å²) in [5.74, 6) is 3.84.